The second-order valence-electron chi connectivity index (χ2n) is 3.70. The fourth-order valence-electron chi connectivity index (χ4n) is 1.33. The van der Waals surface area contributed by atoms with E-state index in [1.165, 1.54) is 0 Å². The lowest BCUT2D eigenvalue weighted by Gasteiger charge is -2.25. The van der Waals surface area contributed by atoms with Crippen LogP contribution in [-0.2, 0) is 4.74 Å². The lowest BCUT2D eigenvalue weighted by atomic mass is 9.85. The van der Waals surface area contributed by atoms with Gasteiger partial charge in [-0.2, -0.15) is 0 Å². The minimum Gasteiger partial charge on any atom is -0.381 e. The molecule has 0 saturated carbocycles. The molecule has 0 aliphatic heterocycles. The Morgan fingerprint density at radius 1 is 1.42 bits per heavy atom. The smallest absolute Gasteiger partial charge is 0.0557 e. The van der Waals surface area contributed by atoms with Gasteiger partial charge in [0.1, 0.15) is 0 Å². The molecule has 1 aliphatic carbocycles. The highest BCUT2D eigenvalue weighted by molar-refractivity contribution is 5.15. The zero-order valence-corrected chi connectivity index (χ0v) is 8.05. The molecule has 1 nitrogen and oxygen atoms in total. The largest absolute Gasteiger partial charge is 0.381 e. The first kappa shape index (κ1) is 9.53. The molecule has 0 spiro atoms. The molecule has 1 atom stereocenters. The third-order valence-electron chi connectivity index (χ3n) is 2.11. The molecular formula is C11H18O. The third-order valence-corrected chi connectivity index (χ3v) is 2.11. The van der Waals surface area contributed by atoms with Crippen LogP contribution < -0.4 is 0 Å². The third kappa shape index (κ3) is 2.82. The van der Waals surface area contributed by atoms with Crippen LogP contribution in [0, 0.1) is 5.41 Å². The SMILES string of the molecule is CCCOCC1(C)C=CC=CC1. The summed E-state index contributed by atoms with van der Waals surface area (Å²) in [7, 11) is 0. The summed E-state index contributed by atoms with van der Waals surface area (Å²) >= 11 is 0. The highest BCUT2D eigenvalue weighted by atomic mass is 16.5. The molecule has 0 N–H and O–H groups in total. The van der Waals surface area contributed by atoms with Crippen LogP contribution in [0.3, 0.4) is 0 Å². The van der Waals surface area contributed by atoms with Crippen LogP contribution in [0.25, 0.3) is 0 Å². The van der Waals surface area contributed by atoms with E-state index in [1.807, 2.05) is 0 Å². The topological polar surface area (TPSA) is 9.23 Å². The Hall–Kier alpha value is -0.560. The molecule has 0 aromatic carbocycles. The van der Waals surface area contributed by atoms with Gasteiger partial charge in [0.25, 0.3) is 0 Å². The van der Waals surface area contributed by atoms with Gasteiger partial charge in [0.05, 0.1) is 6.61 Å². The van der Waals surface area contributed by atoms with E-state index < -0.39 is 0 Å². The summed E-state index contributed by atoms with van der Waals surface area (Å²) in [6.07, 6.45) is 10.9. The molecular weight excluding hydrogens is 148 g/mol. The van der Waals surface area contributed by atoms with E-state index >= 15 is 0 Å². The lowest BCUT2D eigenvalue weighted by Crippen LogP contribution is -2.21. The Morgan fingerprint density at radius 2 is 2.25 bits per heavy atom. The summed E-state index contributed by atoms with van der Waals surface area (Å²) in [5, 5.41) is 0. The molecule has 0 radical (unpaired) electrons. The maximum atomic E-state index is 5.54. The van der Waals surface area contributed by atoms with Crippen molar-refractivity contribution in [3.8, 4) is 0 Å². The van der Waals surface area contributed by atoms with E-state index in [0.29, 0.717) is 0 Å². The molecule has 1 unspecified atom stereocenters. The van der Waals surface area contributed by atoms with Crippen molar-refractivity contribution in [2.45, 2.75) is 26.7 Å². The van der Waals surface area contributed by atoms with Crippen molar-refractivity contribution in [3.63, 3.8) is 0 Å². The van der Waals surface area contributed by atoms with Gasteiger partial charge in [0.2, 0.25) is 0 Å². The first-order valence-corrected chi connectivity index (χ1v) is 4.69. The summed E-state index contributed by atoms with van der Waals surface area (Å²) in [6.45, 7) is 6.11. The maximum absolute atomic E-state index is 5.54. The number of rotatable bonds is 4. The van der Waals surface area contributed by atoms with Crippen molar-refractivity contribution in [2.75, 3.05) is 13.2 Å². The van der Waals surface area contributed by atoms with Gasteiger partial charge in [-0.15, -0.1) is 0 Å². The van der Waals surface area contributed by atoms with Gasteiger partial charge < -0.3 is 4.74 Å². The standard InChI is InChI=1S/C11H18O/c1-3-9-12-10-11(2)7-5-4-6-8-11/h4-7H,3,8-10H2,1-2H3. The highest BCUT2D eigenvalue weighted by Crippen LogP contribution is 2.27. The average molecular weight is 166 g/mol. The Bertz CT molecular complexity index is 181. The summed E-state index contributed by atoms with van der Waals surface area (Å²) in [5.74, 6) is 0. The zero-order valence-electron chi connectivity index (χ0n) is 8.05. The van der Waals surface area contributed by atoms with Crippen molar-refractivity contribution >= 4 is 0 Å². The maximum Gasteiger partial charge on any atom is 0.0557 e. The number of hydrogen-bond donors (Lipinski definition) is 0. The normalized spacial score (nSPS) is 27.8. The second-order valence-corrected chi connectivity index (χ2v) is 3.70. The second kappa shape index (κ2) is 4.46. The van der Waals surface area contributed by atoms with E-state index in [4.69, 9.17) is 4.74 Å². The first-order valence-electron chi connectivity index (χ1n) is 4.69. The van der Waals surface area contributed by atoms with Crippen molar-refractivity contribution in [1.29, 1.82) is 0 Å². The molecule has 0 bridgehead atoms. The van der Waals surface area contributed by atoms with E-state index in [0.717, 1.165) is 26.1 Å². The fourth-order valence-corrected chi connectivity index (χ4v) is 1.33. The van der Waals surface area contributed by atoms with Crippen molar-refractivity contribution in [3.05, 3.63) is 24.3 Å². The Labute approximate surface area is 75.1 Å². The summed E-state index contributed by atoms with van der Waals surface area (Å²) in [5.41, 5.74) is 0.240. The van der Waals surface area contributed by atoms with Crippen LogP contribution >= 0.6 is 0 Å². The molecule has 0 amide bonds. The zero-order chi connectivity index (χ0) is 8.86. The molecule has 1 rings (SSSR count). The Morgan fingerprint density at radius 3 is 2.83 bits per heavy atom. The van der Waals surface area contributed by atoms with E-state index in [-0.39, 0.29) is 5.41 Å². The minimum absolute atomic E-state index is 0.240. The summed E-state index contributed by atoms with van der Waals surface area (Å²) in [6, 6.07) is 0. The van der Waals surface area contributed by atoms with Gasteiger partial charge in [0.15, 0.2) is 0 Å². The van der Waals surface area contributed by atoms with Crippen molar-refractivity contribution < 1.29 is 4.74 Å². The molecule has 0 heterocycles. The fraction of sp³-hybridized carbons (Fsp3) is 0.636. The van der Waals surface area contributed by atoms with E-state index in [9.17, 15) is 0 Å². The van der Waals surface area contributed by atoms with Gasteiger partial charge in [-0.3, -0.25) is 0 Å². The van der Waals surface area contributed by atoms with Crippen LogP contribution in [0.4, 0.5) is 0 Å². The van der Waals surface area contributed by atoms with Gasteiger partial charge >= 0.3 is 0 Å². The molecule has 1 heteroatoms. The molecule has 0 aromatic heterocycles. The number of hydrogen-bond acceptors (Lipinski definition) is 1. The van der Waals surface area contributed by atoms with Crippen molar-refractivity contribution in [2.24, 2.45) is 5.41 Å². The number of allylic oxidation sites excluding steroid dienone is 3. The molecule has 12 heavy (non-hydrogen) atoms. The summed E-state index contributed by atoms with van der Waals surface area (Å²) in [4.78, 5) is 0. The monoisotopic (exact) mass is 166 g/mol. The van der Waals surface area contributed by atoms with Crippen LogP contribution in [0.15, 0.2) is 24.3 Å². The van der Waals surface area contributed by atoms with Crippen molar-refractivity contribution in [1.82, 2.24) is 0 Å². The molecule has 0 saturated heterocycles. The molecule has 1 aliphatic rings. The van der Waals surface area contributed by atoms with Gasteiger partial charge in [-0.05, 0) is 12.8 Å². The molecule has 68 valence electrons. The number of ether oxygens (including phenoxy) is 1. The lowest BCUT2D eigenvalue weighted by molar-refractivity contribution is 0.0770. The predicted molar refractivity (Wildman–Crippen MR) is 52.1 cm³/mol. The molecule has 0 aromatic rings. The Balaban J connectivity index is 2.29. The predicted octanol–water partition coefficient (Wildman–Crippen LogP) is 2.94. The van der Waals surface area contributed by atoms with E-state index in [1.54, 1.807) is 0 Å². The molecule has 0 fully saturated rings. The quantitative estimate of drug-likeness (QED) is 0.583. The Kier molecular flexibility index (Phi) is 3.54. The van der Waals surface area contributed by atoms with Crippen LogP contribution in [-0.4, -0.2) is 13.2 Å². The average Bonchev–Trinajstić information content (AvgIpc) is 2.06. The first-order chi connectivity index (χ1) is 5.77. The van der Waals surface area contributed by atoms with Crippen LogP contribution in [0.5, 0.6) is 0 Å². The van der Waals surface area contributed by atoms with Gasteiger partial charge in [-0.25, -0.2) is 0 Å². The van der Waals surface area contributed by atoms with Gasteiger partial charge in [0, 0.05) is 12.0 Å². The van der Waals surface area contributed by atoms with Gasteiger partial charge in [-0.1, -0.05) is 38.2 Å². The minimum atomic E-state index is 0.240. The van der Waals surface area contributed by atoms with Crippen LogP contribution in [0.1, 0.15) is 26.7 Å². The van der Waals surface area contributed by atoms with Crippen LogP contribution in [0.2, 0.25) is 0 Å². The highest BCUT2D eigenvalue weighted by Gasteiger charge is 2.20. The summed E-state index contributed by atoms with van der Waals surface area (Å²) < 4.78 is 5.54. The van der Waals surface area contributed by atoms with E-state index in [2.05, 4.69) is 38.2 Å².